The Bertz CT molecular complexity index is 1010. The molecule has 34 heavy (non-hydrogen) atoms. The highest BCUT2D eigenvalue weighted by Crippen LogP contribution is 2.50. The second kappa shape index (κ2) is 9.35. The lowest BCUT2D eigenvalue weighted by molar-refractivity contribution is -0.133. The normalized spacial score (nSPS) is 21.7. The zero-order valence-electron chi connectivity index (χ0n) is 20.3. The molecule has 5 rings (SSSR count). The topological polar surface area (TPSA) is 69.6 Å². The fourth-order valence-electron chi connectivity index (χ4n) is 5.41. The van der Waals surface area contributed by atoms with Crippen molar-refractivity contribution in [1.82, 2.24) is 19.8 Å². The zero-order valence-corrected chi connectivity index (χ0v) is 20.3. The zero-order chi connectivity index (χ0) is 23.7. The molecule has 180 valence electrons. The molecule has 2 aliphatic heterocycles. The molecule has 0 radical (unpaired) electrons. The molecule has 1 atom stereocenters. The maximum Gasteiger partial charge on any atom is 0.233 e. The predicted molar refractivity (Wildman–Crippen MR) is 132 cm³/mol. The molecule has 1 saturated carbocycles. The molecular formula is C27H35N5O2. The molecule has 3 fully saturated rings. The summed E-state index contributed by atoms with van der Waals surface area (Å²) in [5.74, 6) is 2.20. The molecule has 0 bridgehead atoms. The van der Waals surface area contributed by atoms with E-state index in [9.17, 15) is 9.59 Å². The first-order valence-corrected chi connectivity index (χ1v) is 12.6. The lowest BCUT2D eigenvalue weighted by Gasteiger charge is -2.36. The van der Waals surface area contributed by atoms with Gasteiger partial charge < -0.3 is 14.7 Å². The van der Waals surface area contributed by atoms with Gasteiger partial charge in [-0.1, -0.05) is 26.0 Å². The number of piperazine rings is 1. The van der Waals surface area contributed by atoms with Crippen molar-refractivity contribution in [2.24, 2.45) is 5.92 Å². The fourth-order valence-corrected chi connectivity index (χ4v) is 5.41. The molecule has 2 saturated heterocycles. The van der Waals surface area contributed by atoms with Gasteiger partial charge in [0.25, 0.3) is 0 Å². The Balaban J connectivity index is 1.19. The number of nitrogens with zero attached hydrogens (tertiary/aromatic N) is 5. The van der Waals surface area contributed by atoms with Crippen molar-refractivity contribution in [1.29, 1.82) is 0 Å². The predicted octanol–water partition coefficient (Wildman–Crippen LogP) is 3.22. The number of carbonyl (C=O) groups excluding carboxylic acids is 2. The number of carbonyl (C=O) groups is 2. The van der Waals surface area contributed by atoms with Gasteiger partial charge in [-0.25, -0.2) is 4.98 Å². The van der Waals surface area contributed by atoms with Crippen LogP contribution in [0.4, 0.5) is 5.82 Å². The third-order valence-electron chi connectivity index (χ3n) is 7.63. The van der Waals surface area contributed by atoms with E-state index in [0.29, 0.717) is 18.3 Å². The van der Waals surface area contributed by atoms with Crippen LogP contribution in [0.3, 0.4) is 0 Å². The molecular weight excluding hydrogens is 426 g/mol. The van der Waals surface area contributed by atoms with Crippen LogP contribution in [-0.4, -0.2) is 70.9 Å². The van der Waals surface area contributed by atoms with Crippen LogP contribution in [0.2, 0.25) is 0 Å². The summed E-state index contributed by atoms with van der Waals surface area (Å²) in [5.41, 5.74) is 1.87. The highest BCUT2D eigenvalue weighted by Gasteiger charge is 2.54. The van der Waals surface area contributed by atoms with E-state index in [1.165, 1.54) is 5.56 Å². The third kappa shape index (κ3) is 4.52. The second-order valence-electron chi connectivity index (χ2n) is 10.5. The van der Waals surface area contributed by atoms with Crippen LogP contribution in [0, 0.1) is 5.92 Å². The number of hydrogen-bond acceptors (Lipinski definition) is 5. The van der Waals surface area contributed by atoms with E-state index in [-0.39, 0.29) is 11.8 Å². The first kappa shape index (κ1) is 22.8. The van der Waals surface area contributed by atoms with E-state index >= 15 is 0 Å². The minimum atomic E-state index is -0.392. The van der Waals surface area contributed by atoms with Crippen LogP contribution in [-0.2, 0) is 15.0 Å². The molecule has 1 aliphatic carbocycles. The van der Waals surface area contributed by atoms with Gasteiger partial charge in [0.1, 0.15) is 5.82 Å². The molecule has 1 unspecified atom stereocenters. The Morgan fingerprint density at radius 2 is 1.82 bits per heavy atom. The van der Waals surface area contributed by atoms with Crippen molar-refractivity contribution in [3.63, 3.8) is 0 Å². The first-order chi connectivity index (χ1) is 16.5. The van der Waals surface area contributed by atoms with E-state index in [1.807, 2.05) is 28.3 Å². The van der Waals surface area contributed by atoms with Gasteiger partial charge >= 0.3 is 0 Å². The largest absolute Gasteiger partial charge is 0.353 e. The summed E-state index contributed by atoms with van der Waals surface area (Å²) >= 11 is 0. The molecule has 4 heterocycles. The van der Waals surface area contributed by atoms with Gasteiger partial charge in [-0.3, -0.25) is 14.6 Å². The van der Waals surface area contributed by atoms with Crippen molar-refractivity contribution in [3.8, 4) is 0 Å². The summed E-state index contributed by atoms with van der Waals surface area (Å²) in [6, 6.07) is 8.23. The molecule has 3 aliphatic rings. The number of likely N-dealkylation sites (tertiary alicyclic amines) is 1. The number of rotatable bonds is 6. The monoisotopic (exact) mass is 461 g/mol. The second-order valence-corrected chi connectivity index (χ2v) is 10.5. The van der Waals surface area contributed by atoms with Crippen LogP contribution in [0.5, 0.6) is 0 Å². The molecule has 0 aromatic carbocycles. The highest BCUT2D eigenvalue weighted by atomic mass is 16.2. The Morgan fingerprint density at radius 1 is 1.03 bits per heavy atom. The van der Waals surface area contributed by atoms with Gasteiger partial charge in [0.15, 0.2) is 0 Å². The standard InChI is InChI=1S/C27H35N5O2/c1-20(2)16-25(33)31-14-12-30(13-15-31)24-6-5-23(18-29-24)27(8-9-27)26(34)32-11-7-22(19-32)21-4-3-10-28-17-21/h3-6,10,17-18,20,22H,7-9,11-16,19H2,1-2H3. The molecule has 2 amide bonds. The SMILES string of the molecule is CC(C)CC(=O)N1CCN(c2ccc(C3(C(=O)N4CCC(c5cccnc5)C4)CC3)cn2)CC1. The third-order valence-corrected chi connectivity index (χ3v) is 7.63. The quantitative estimate of drug-likeness (QED) is 0.661. The number of amides is 2. The molecule has 2 aromatic heterocycles. The Kier molecular flexibility index (Phi) is 6.28. The lowest BCUT2D eigenvalue weighted by atomic mass is 9.95. The fraction of sp³-hybridized carbons (Fsp3) is 0.556. The summed E-state index contributed by atoms with van der Waals surface area (Å²) in [6.45, 7) is 8.82. The van der Waals surface area contributed by atoms with E-state index in [1.54, 1.807) is 6.20 Å². The van der Waals surface area contributed by atoms with Gasteiger partial charge in [0, 0.05) is 70.2 Å². The van der Waals surface area contributed by atoms with Gasteiger partial charge in [-0.05, 0) is 48.4 Å². The van der Waals surface area contributed by atoms with Gasteiger partial charge in [0.05, 0.1) is 5.41 Å². The Hall–Kier alpha value is -2.96. The number of pyridine rings is 2. The number of hydrogen-bond donors (Lipinski definition) is 0. The van der Waals surface area contributed by atoms with Crippen LogP contribution in [0.1, 0.15) is 56.6 Å². The van der Waals surface area contributed by atoms with Crippen LogP contribution in [0.15, 0.2) is 42.9 Å². The highest BCUT2D eigenvalue weighted by molar-refractivity contribution is 5.91. The maximum atomic E-state index is 13.5. The van der Waals surface area contributed by atoms with Crippen molar-refractivity contribution in [2.45, 2.75) is 50.9 Å². The van der Waals surface area contributed by atoms with Crippen molar-refractivity contribution >= 4 is 17.6 Å². The summed E-state index contributed by atoms with van der Waals surface area (Å²) in [6.07, 6.45) is 9.04. The smallest absolute Gasteiger partial charge is 0.233 e. The Labute approximate surface area is 202 Å². The van der Waals surface area contributed by atoms with Gasteiger partial charge in [0.2, 0.25) is 11.8 Å². The van der Waals surface area contributed by atoms with E-state index in [2.05, 4.69) is 41.9 Å². The molecule has 7 heteroatoms. The van der Waals surface area contributed by atoms with Gasteiger partial charge in [-0.15, -0.1) is 0 Å². The summed E-state index contributed by atoms with van der Waals surface area (Å²) < 4.78 is 0. The average molecular weight is 462 g/mol. The molecule has 2 aromatic rings. The van der Waals surface area contributed by atoms with Gasteiger partial charge in [-0.2, -0.15) is 0 Å². The number of anilines is 1. The van der Waals surface area contributed by atoms with E-state index in [0.717, 1.165) is 69.9 Å². The van der Waals surface area contributed by atoms with Crippen molar-refractivity contribution < 1.29 is 9.59 Å². The Morgan fingerprint density at radius 3 is 2.44 bits per heavy atom. The van der Waals surface area contributed by atoms with Crippen molar-refractivity contribution in [2.75, 3.05) is 44.2 Å². The van der Waals surface area contributed by atoms with E-state index < -0.39 is 5.41 Å². The maximum absolute atomic E-state index is 13.5. The first-order valence-electron chi connectivity index (χ1n) is 12.6. The molecule has 0 spiro atoms. The minimum absolute atomic E-state index is 0.250. The number of aromatic nitrogens is 2. The summed E-state index contributed by atoms with van der Waals surface area (Å²) in [5, 5.41) is 0. The minimum Gasteiger partial charge on any atom is -0.353 e. The summed E-state index contributed by atoms with van der Waals surface area (Å²) in [4.78, 5) is 41.1. The van der Waals surface area contributed by atoms with Crippen LogP contribution < -0.4 is 4.90 Å². The van der Waals surface area contributed by atoms with Crippen LogP contribution in [0.25, 0.3) is 0 Å². The van der Waals surface area contributed by atoms with Crippen LogP contribution >= 0.6 is 0 Å². The average Bonchev–Trinajstić information content (AvgIpc) is 3.53. The lowest BCUT2D eigenvalue weighted by Crippen LogP contribution is -2.49. The van der Waals surface area contributed by atoms with E-state index in [4.69, 9.17) is 4.98 Å². The molecule has 7 nitrogen and oxygen atoms in total. The van der Waals surface area contributed by atoms with Crippen molar-refractivity contribution in [3.05, 3.63) is 54.0 Å². The molecule has 0 N–H and O–H groups in total. The summed E-state index contributed by atoms with van der Waals surface area (Å²) in [7, 11) is 0.